The van der Waals surface area contributed by atoms with Crippen LogP contribution in [-0.4, -0.2) is 23.3 Å². The number of halogens is 2. The topological polar surface area (TPSA) is 55.4 Å². The molecule has 0 aliphatic heterocycles. The lowest BCUT2D eigenvalue weighted by atomic mass is 10.1. The molecule has 2 unspecified atom stereocenters. The normalized spacial score (nSPS) is 12.9. The minimum absolute atomic E-state index is 0.156. The Kier molecular flexibility index (Phi) is 8.32. The summed E-state index contributed by atoms with van der Waals surface area (Å²) in [5.74, 6) is -0.520. The number of ether oxygens (including phenoxy) is 1. The van der Waals surface area contributed by atoms with E-state index in [4.69, 9.17) is 4.74 Å². The van der Waals surface area contributed by atoms with Gasteiger partial charge in [-0.15, -0.1) is 0 Å². The second-order valence-corrected chi connectivity index (χ2v) is 7.74. The van der Waals surface area contributed by atoms with Gasteiger partial charge >= 0.3 is 5.97 Å². The zero-order chi connectivity index (χ0) is 18.9. The highest BCUT2D eigenvalue weighted by molar-refractivity contribution is 9.12. The third-order valence-electron chi connectivity index (χ3n) is 3.74. The molecule has 2 aromatic carbocycles. The number of esters is 1. The lowest BCUT2D eigenvalue weighted by Crippen LogP contribution is -2.26. The first kappa shape index (κ1) is 20.6. The number of hydrogen-bond acceptors (Lipinski definition) is 3. The molecule has 2 atom stereocenters. The summed E-state index contributed by atoms with van der Waals surface area (Å²) in [6.45, 7) is 2.46. The van der Waals surface area contributed by atoms with Gasteiger partial charge in [-0.05, 0) is 36.2 Å². The Balaban J connectivity index is 1.93. The molecule has 0 aromatic heterocycles. The average Bonchev–Trinajstić information content (AvgIpc) is 2.68. The van der Waals surface area contributed by atoms with Crippen molar-refractivity contribution in [3.05, 3.63) is 65.7 Å². The molecule has 0 radical (unpaired) electrons. The van der Waals surface area contributed by atoms with E-state index in [2.05, 4.69) is 37.2 Å². The van der Waals surface area contributed by atoms with E-state index in [0.29, 0.717) is 17.9 Å². The van der Waals surface area contributed by atoms with Crippen molar-refractivity contribution in [2.24, 2.45) is 0 Å². The standard InChI is InChI=1S/C20H21Br2NO3/c1-2-3-13-26-20(25)15-9-11-16(12-10-15)23-19(24)18(22)17(21)14-7-5-4-6-8-14/h4-12,17-18H,2-3,13H2,1H3,(H,23,24). The Morgan fingerprint density at radius 3 is 2.31 bits per heavy atom. The van der Waals surface area contributed by atoms with Crippen LogP contribution in [0.4, 0.5) is 5.69 Å². The lowest BCUT2D eigenvalue weighted by Gasteiger charge is -2.17. The van der Waals surface area contributed by atoms with Crippen molar-refractivity contribution in [1.82, 2.24) is 0 Å². The fraction of sp³-hybridized carbons (Fsp3) is 0.300. The van der Waals surface area contributed by atoms with Crippen LogP contribution in [0, 0.1) is 0 Å². The molecule has 1 N–H and O–H groups in total. The number of nitrogens with one attached hydrogen (secondary N) is 1. The van der Waals surface area contributed by atoms with Crippen molar-refractivity contribution in [1.29, 1.82) is 0 Å². The molecular weight excluding hydrogens is 462 g/mol. The summed E-state index contributed by atoms with van der Waals surface area (Å²) >= 11 is 7.00. The maximum atomic E-state index is 12.4. The van der Waals surface area contributed by atoms with E-state index < -0.39 is 4.83 Å². The molecule has 138 valence electrons. The van der Waals surface area contributed by atoms with Gasteiger partial charge in [-0.1, -0.05) is 75.5 Å². The van der Waals surface area contributed by atoms with Crippen LogP contribution >= 0.6 is 31.9 Å². The Labute approximate surface area is 170 Å². The fourth-order valence-corrected chi connectivity index (χ4v) is 3.20. The SMILES string of the molecule is CCCCOC(=O)c1ccc(NC(=O)C(Br)C(Br)c2ccccc2)cc1. The van der Waals surface area contributed by atoms with Crippen LogP contribution in [-0.2, 0) is 9.53 Å². The van der Waals surface area contributed by atoms with Gasteiger partial charge in [0.25, 0.3) is 0 Å². The number of benzene rings is 2. The second-order valence-electron chi connectivity index (χ2n) is 5.77. The van der Waals surface area contributed by atoms with Crippen LogP contribution in [0.3, 0.4) is 0 Å². The highest BCUT2D eigenvalue weighted by atomic mass is 79.9. The third-order valence-corrected chi connectivity index (χ3v) is 6.46. The van der Waals surface area contributed by atoms with E-state index >= 15 is 0 Å². The third kappa shape index (κ3) is 5.95. The molecular formula is C20H21Br2NO3. The number of unbranched alkanes of at least 4 members (excludes halogenated alkanes) is 1. The van der Waals surface area contributed by atoms with Gasteiger partial charge in [0.1, 0.15) is 4.83 Å². The molecule has 1 amide bonds. The number of anilines is 1. The second kappa shape index (κ2) is 10.5. The Bertz CT molecular complexity index is 720. The van der Waals surface area contributed by atoms with Crippen LogP contribution in [0.5, 0.6) is 0 Å². The molecule has 26 heavy (non-hydrogen) atoms. The molecule has 0 aliphatic rings. The molecule has 2 rings (SSSR count). The molecule has 0 saturated heterocycles. The molecule has 0 fully saturated rings. The number of rotatable bonds is 8. The monoisotopic (exact) mass is 481 g/mol. The smallest absolute Gasteiger partial charge is 0.338 e. The van der Waals surface area contributed by atoms with Gasteiger partial charge in [0.15, 0.2) is 0 Å². The summed E-state index contributed by atoms with van der Waals surface area (Å²) in [4.78, 5) is 23.7. The van der Waals surface area contributed by atoms with Crippen molar-refractivity contribution in [3.8, 4) is 0 Å². The lowest BCUT2D eigenvalue weighted by molar-refractivity contribution is -0.115. The molecule has 0 saturated carbocycles. The Morgan fingerprint density at radius 2 is 1.69 bits per heavy atom. The van der Waals surface area contributed by atoms with Crippen LogP contribution < -0.4 is 5.32 Å². The minimum atomic E-state index is -0.441. The number of carbonyl (C=O) groups excluding carboxylic acids is 2. The summed E-state index contributed by atoms with van der Waals surface area (Å²) in [5.41, 5.74) is 2.10. The summed E-state index contributed by atoms with van der Waals surface area (Å²) < 4.78 is 5.17. The number of amides is 1. The number of carbonyl (C=O) groups is 2. The van der Waals surface area contributed by atoms with Crippen LogP contribution in [0.25, 0.3) is 0 Å². The van der Waals surface area contributed by atoms with Crippen LogP contribution in [0.15, 0.2) is 54.6 Å². The van der Waals surface area contributed by atoms with Crippen LogP contribution in [0.2, 0.25) is 0 Å². The largest absolute Gasteiger partial charge is 0.462 e. The van der Waals surface area contributed by atoms with Crippen molar-refractivity contribution in [2.75, 3.05) is 11.9 Å². The fourth-order valence-electron chi connectivity index (χ4n) is 2.23. The van der Waals surface area contributed by atoms with Gasteiger partial charge in [0.05, 0.1) is 17.0 Å². The maximum absolute atomic E-state index is 12.4. The number of hydrogen-bond donors (Lipinski definition) is 1. The van der Waals surface area contributed by atoms with Crippen molar-refractivity contribution >= 4 is 49.4 Å². The van der Waals surface area contributed by atoms with Crippen molar-refractivity contribution in [2.45, 2.75) is 29.4 Å². The highest BCUT2D eigenvalue weighted by Gasteiger charge is 2.25. The zero-order valence-electron chi connectivity index (χ0n) is 14.5. The molecule has 4 nitrogen and oxygen atoms in total. The van der Waals surface area contributed by atoms with Gasteiger partial charge in [-0.25, -0.2) is 4.79 Å². The summed E-state index contributed by atoms with van der Waals surface area (Å²) in [7, 11) is 0. The molecule has 0 heterocycles. The molecule has 2 aromatic rings. The number of alkyl halides is 2. The summed E-state index contributed by atoms with van der Waals surface area (Å²) in [5, 5.41) is 2.84. The van der Waals surface area contributed by atoms with Gasteiger partial charge in [-0.2, -0.15) is 0 Å². The molecule has 6 heteroatoms. The van der Waals surface area contributed by atoms with E-state index in [1.54, 1.807) is 24.3 Å². The summed E-state index contributed by atoms with van der Waals surface area (Å²) in [6.07, 6.45) is 1.82. The Morgan fingerprint density at radius 1 is 1.04 bits per heavy atom. The van der Waals surface area contributed by atoms with Gasteiger partial charge < -0.3 is 10.1 Å². The van der Waals surface area contributed by atoms with E-state index in [9.17, 15) is 9.59 Å². The highest BCUT2D eigenvalue weighted by Crippen LogP contribution is 2.31. The van der Waals surface area contributed by atoms with E-state index in [1.165, 1.54) is 0 Å². The van der Waals surface area contributed by atoms with Crippen LogP contribution in [0.1, 0.15) is 40.5 Å². The average molecular weight is 483 g/mol. The van der Waals surface area contributed by atoms with E-state index in [-0.39, 0.29) is 16.7 Å². The maximum Gasteiger partial charge on any atom is 0.338 e. The first-order valence-electron chi connectivity index (χ1n) is 8.44. The molecule has 0 aliphatic carbocycles. The van der Waals surface area contributed by atoms with Crippen molar-refractivity contribution < 1.29 is 14.3 Å². The minimum Gasteiger partial charge on any atom is -0.462 e. The predicted octanol–water partition coefficient (Wildman–Crippen LogP) is 5.48. The van der Waals surface area contributed by atoms with E-state index in [1.807, 2.05) is 37.3 Å². The Hall–Kier alpha value is -1.66. The van der Waals surface area contributed by atoms with E-state index in [0.717, 1.165) is 18.4 Å². The van der Waals surface area contributed by atoms with Gasteiger partial charge in [0, 0.05) is 5.69 Å². The van der Waals surface area contributed by atoms with Gasteiger partial charge in [-0.3, -0.25) is 4.79 Å². The zero-order valence-corrected chi connectivity index (χ0v) is 17.6. The molecule has 0 bridgehead atoms. The predicted molar refractivity (Wildman–Crippen MR) is 111 cm³/mol. The molecule has 0 spiro atoms. The van der Waals surface area contributed by atoms with Crippen molar-refractivity contribution in [3.63, 3.8) is 0 Å². The quantitative estimate of drug-likeness (QED) is 0.308. The first-order valence-corrected chi connectivity index (χ1v) is 10.3. The van der Waals surface area contributed by atoms with Gasteiger partial charge in [0.2, 0.25) is 5.91 Å². The first-order chi connectivity index (χ1) is 12.5. The summed E-state index contributed by atoms with van der Waals surface area (Å²) in [6, 6.07) is 16.4.